The van der Waals surface area contributed by atoms with Gasteiger partial charge in [0.1, 0.15) is 12.4 Å². The predicted molar refractivity (Wildman–Crippen MR) is 171 cm³/mol. The molecule has 1 fully saturated rings. The molecule has 3 aromatic rings. The molecule has 4 atom stereocenters. The molecule has 0 radical (unpaired) electrons. The molecule has 244 valence electrons. The molecule has 5 rings (SSSR count). The third kappa shape index (κ3) is 7.16. The second-order valence-corrected chi connectivity index (χ2v) is 13.9. The van der Waals surface area contributed by atoms with Gasteiger partial charge in [0.05, 0.1) is 30.9 Å². The number of hydrogen-bond donors (Lipinski definition) is 3. The molecule has 1 saturated carbocycles. The number of carboxylic acid groups (broad SMARTS) is 1. The smallest absolute Gasteiger partial charge is 0.335 e. The van der Waals surface area contributed by atoms with Gasteiger partial charge in [0.25, 0.3) is 11.8 Å². The molecule has 0 bridgehead atoms. The van der Waals surface area contributed by atoms with Gasteiger partial charge in [-0.15, -0.1) is 0 Å². The van der Waals surface area contributed by atoms with Crippen LogP contribution in [0.1, 0.15) is 75.0 Å². The Kier molecular flexibility index (Phi) is 10.2. The van der Waals surface area contributed by atoms with Gasteiger partial charge in [-0.1, -0.05) is 60.3 Å². The fourth-order valence-corrected chi connectivity index (χ4v) is 7.75. The highest BCUT2D eigenvalue weighted by atomic mass is 35.5. The van der Waals surface area contributed by atoms with Gasteiger partial charge in [0.2, 0.25) is 10.0 Å². The first-order valence-electron chi connectivity index (χ1n) is 14.5. The van der Waals surface area contributed by atoms with Gasteiger partial charge in [0.15, 0.2) is 0 Å². The van der Waals surface area contributed by atoms with Crippen LogP contribution in [0.2, 0.25) is 10.0 Å². The maximum atomic E-state index is 14.4. The molecule has 11 nitrogen and oxygen atoms in total. The zero-order valence-corrected chi connectivity index (χ0v) is 27.4. The number of rotatable bonds is 10. The molecular weight excluding hydrogens is 657 g/mol. The predicted octanol–water partition coefficient (Wildman–Crippen LogP) is 5.09. The minimum Gasteiger partial charge on any atom is -0.496 e. The molecule has 1 aliphatic heterocycles. The van der Waals surface area contributed by atoms with Crippen LogP contribution in [0.5, 0.6) is 5.75 Å². The van der Waals surface area contributed by atoms with Crippen LogP contribution < -0.4 is 14.9 Å². The maximum Gasteiger partial charge on any atom is 0.335 e. The number of methoxy groups -OCH3 is 1. The Bertz CT molecular complexity index is 1770. The van der Waals surface area contributed by atoms with E-state index in [-0.39, 0.29) is 23.1 Å². The van der Waals surface area contributed by atoms with Crippen molar-refractivity contribution in [2.45, 2.75) is 56.3 Å². The molecule has 2 amide bonds. The van der Waals surface area contributed by atoms with Crippen LogP contribution in [0.4, 0.5) is 0 Å². The molecule has 14 heteroatoms. The van der Waals surface area contributed by atoms with E-state index in [1.165, 1.54) is 31.4 Å². The first kappa shape index (κ1) is 33.7. The van der Waals surface area contributed by atoms with E-state index in [1.807, 2.05) is 0 Å². The molecule has 3 N–H and O–H groups in total. The van der Waals surface area contributed by atoms with Crippen LogP contribution >= 0.6 is 23.2 Å². The summed E-state index contributed by atoms with van der Waals surface area (Å²) >= 11 is 13.0. The summed E-state index contributed by atoms with van der Waals surface area (Å²) in [5.74, 6) is -2.77. The monoisotopic (exact) mass is 689 g/mol. The summed E-state index contributed by atoms with van der Waals surface area (Å²) < 4.78 is 32.8. The van der Waals surface area contributed by atoms with Crippen molar-refractivity contribution >= 4 is 51.0 Å². The van der Waals surface area contributed by atoms with Crippen molar-refractivity contribution in [3.05, 3.63) is 98.5 Å². The van der Waals surface area contributed by atoms with Crippen molar-refractivity contribution in [3.8, 4) is 5.75 Å². The number of halogens is 2. The lowest BCUT2D eigenvalue weighted by Gasteiger charge is -2.49. The number of hydroxylamine groups is 1. The van der Waals surface area contributed by atoms with Crippen molar-refractivity contribution in [2.24, 2.45) is 0 Å². The Labute approximate surface area is 276 Å². The molecule has 2 aliphatic rings. The van der Waals surface area contributed by atoms with Gasteiger partial charge in [0, 0.05) is 33.3 Å². The lowest BCUT2D eigenvalue weighted by molar-refractivity contribution is -0.138. The SMILES string of the molecule is COc1ccc(C(=O)O)cc1CONC(=O)[C@@H]1c2ccccc2C(=O)N([C@H]2CCCC[C@@H]2NS(C)(=O)=O)[C@H]1c1ccc(Cl)cc1Cl. The number of benzene rings is 3. The summed E-state index contributed by atoms with van der Waals surface area (Å²) in [4.78, 5) is 47.3. The van der Waals surface area contributed by atoms with Crippen LogP contribution in [0.15, 0.2) is 60.7 Å². The Morgan fingerprint density at radius 1 is 1.02 bits per heavy atom. The quantitative estimate of drug-likeness (QED) is 0.249. The molecule has 0 saturated heterocycles. The number of nitrogens with zero attached hydrogens (tertiary/aromatic N) is 1. The number of fused-ring (bicyclic) bond motifs is 1. The summed E-state index contributed by atoms with van der Waals surface area (Å²) in [5.41, 5.74) is 4.09. The Balaban J connectivity index is 1.57. The van der Waals surface area contributed by atoms with Crippen LogP contribution in [-0.2, 0) is 26.3 Å². The number of carboxylic acids is 1. The molecular formula is C32H33Cl2N3O8S. The number of ether oxygens (including phenoxy) is 1. The van der Waals surface area contributed by atoms with Crippen LogP contribution in [0.25, 0.3) is 0 Å². The van der Waals surface area contributed by atoms with Gasteiger partial charge >= 0.3 is 5.97 Å². The summed E-state index contributed by atoms with van der Waals surface area (Å²) in [6.07, 6.45) is 3.58. The van der Waals surface area contributed by atoms with Gasteiger partial charge in [-0.3, -0.25) is 14.4 Å². The third-order valence-corrected chi connectivity index (χ3v) is 9.61. The minimum absolute atomic E-state index is 0.0169. The molecule has 0 unspecified atom stereocenters. The molecule has 0 aromatic heterocycles. The number of aromatic carboxylic acids is 1. The van der Waals surface area contributed by atoms with E-state index in [0.29, 0.717) is 45.9 Å². The van der Waals surface area contributed by atoms with Crippen molar-refractivity contribution in [1.29, 1.82) is 0 Å². The topological polar surface area (TPSA) is 151 Å². The molecule has 3 aromatic carbocycles. The largest absolute Gasteiger partial charge is 0.496 e. The molecule has 46 heavy (non-hydrogen) atoms. The van der Waals surface area contributed by atoms with Crippen molar-refractivity contribution in [2.75, 3.05) is 13.4 Å². The molecule has 1 aliphatic carbocycles. The maximum absolute atomic E-state index is 14.4. The second-order valence-electron chi connectivity index (χ2n) is 11.3. The van der Waals surface area contributed by atoms with E-state index in [4.69, 9.17) is 32.8 Å². The number of nitrogens with one attached hydrogen (secondary N) is 2. The second kappa shape index (κ2) is 14.0. The number of carbonyl (C=O) groups excluding carboxylic acids is 2. The highest BCUT2D eigenvalue weighted by Gasteiger charge is 2.49. The first-order valence-corrected chi connectivity index (χ1v) is 17.2. The van der Waals surface area contributed by atoms with E-state index >= 15 is 0 Å². The number of sulfonamides is 1. The Morgan fingerprint density at radius 2 is 1.76 bits per heavy atom. The average Bonchev–Trinajstić information content (AvgIpc) is 3.00. The Hall–Kier alpha value is -3.68. The fourth-order valence-electron chi connectivity index (χ4n) is 6.40. The lowest BCUT2D eigenvalue weighted by Crippen LogP contribution is -2.59. The van der Waals surface area contributed by atoms with E-state index < -0.39 is 45.9 Å². The van der Waals surface area contributed by atoms with Gasteiger partial charge in [-0.2, -0.15) is 0 Å². The summed E-state index contributed by atoms with van der Waals surface area (Å²) in [6, 6.07) is 13.7. The zero-order chi connectivity index (χ0) is 33.2. The highest BCUT2D eigenvalue weighted by Crippen LogP contribution is 2.48. The fraction of sp³-hybridized carbons (Fsp3) is 0.344. The Morgan fingerprint density at radius 3 is 2.46 bits per heavy atom. The van der Waals surface area contributed by atoms with Crippen molar-refractivity contribution < 1.29 is 37.5 Å². The van der Waals surface area contributed by atoms with Crippen LogP contribution in [-0.4, -0.2) is 61.7 Å². The van der Waals surface area contributed by atoms with E-state index in [0.717, 1.165) is 19.1 Å². The van der Waals surface area contributed by atoms with Crippen molar-refractivity contribution in [1.82, 2.24) is 15.1 Å². The summed E-state index contributed by atoms with van der Waals surface area (Å²) in [7, 11) is -2.20. The van der Waals surface area contributed by atoms with E-state index in [9.17, 15) is 27.9 Å². The van der Waals surface area contributed by atoms with Crippen LogP contribution in [0.3, 0.4) is 0 Å². The van der Waals surface area contributed by atoms with Gasteiger partial charge < -0.3 is 14.7 Å². The summed E-state index contributed by atoms with van der Waals surface area (Å²) in [6.45, 7) is -0.220. The molecule has 1 heterocycles. The van der Waals surface area contributed by atoms with Gasteiger partial charge in [-0.05, 0) is 60.4 Å². The number of carbonyl (C=O) groups is 3. The van der Waals surface area contributed by atoms with E-state index in [2.05, 4.69) is 10.2 Å². The lowest BCUT2D eigenvalue weighted by atomic mass is 9.76. The van der Waals surface area contributed by atoms with Crippen LogP contribution in [0, 0.1) is 0 Å². The summed E-state index contributed by atoms with van der Waals surface area (Å²) in [5, 5.41) is 10.0. The highest BCUT2D eigenvalue weighted by molar-refractivity contribution is 7.88. The van der Waals surface area contributed by atoms with E-state index in [1.54, 1.807) is 41.3 Å². The standard InChI is InChI=1S/C32H33Cl2N3O8S/c1-44-27-14-11-18(32(40)41)15-19(27)17-45-35-30(38)28-21-7-3-4-8-22(21)31(39)37(29(28)23-13-12-20(33)16-24(23)34)26-10-6-5-9-25(26)36-46(2,42)43/h3-4,7-8,11-16,25-26,28-29,36H,5-6,9-10,17H2,1-2H3,(H,35,38)(H,40,41)/t25-,26-,28+,29-/m0/s1. The first-order chi connectivity index (χ1) is 21.9. The minimum atomic E-state index is -3.63. The number of amides is 2. The third-order valence-electron chi connectivity index (χ3n) is 8.32. The zero-order valence-electron chi connectivity index (χ0n) is 25.0. The van der Waals surface area contributed by atoms with Crippen molar-refractivity contribution in [3.63, 3.8) is 0 Å². The molecule has 0 spiro atoms. The average molecular weight is 691 g/mol. The van der Waals surface area contributed by atoms with Gasteiger partial charge in [-0.25, -0.2) is 23.4 Å². The number of hydrogen-bond acceptors (Lipinski definition) is 7. The normalized spacial score (nSPS) is 21.4.